The van der Waals surface area contributed by atoms with Crippen LogP contribution in [0.5, 0.6) is 0 Å². The molecule has 1 aromatic carbocycles. The largest absolute Gasteiger partial charge is 0.350 e. The van der Waals surface area contributed by atoms with E-state index in [-0.39, 0.29) is 0 Å². The summed E-state index contributed by atoms with van der Waals surface area (Å²) in [6.07, 6.45) is 3.55. The van der Waals surface area contributed by atoms with E-state index in [2.05, 4.69) is 86.3 Å². The Balaban J connectivity index is 1.51. The van der Waals surface area contributed by atoms with Crippen LogP contribution in [0.2, 0.25) is 0 Å². The Morgan fingerprint density at radius 3 is 2.52 bits per heavy atom. The van der Waals surface area contributed by atoms with Crippen molar-refractivity contribution in [3.63, 3.8) is 0 Å². The van der Waals surface area contributed by atoms with E-state index >= 15 is 0 Å². The molecule has 0 aliphatic rings. The minimum atomic E-state index is 0.493. The predicted octanol–water partition coefficient (Wildman–Crippen LogP) is 4.34. The van der Waals surface area contributed by atoms with Crippen molar-refractivity contribution in [1.29, 1.82) is 0 Å². The maximum atomic E-state index is 4.77. The molecule has 0 spiro atoms. The molecule has 0 unspecified atom stereocenters. The molecule has 3 aromatic heterocycles. The van der Waals surface area contributed by atoms with E-state index in [1.54, 1.807) is 10.7 Å². The highest BCUT2D eigenvalue weighted by Gasteiger charge is 2.15. The number of nitrogens with one attached hydrogen (secondary N) is 1. The number of fused-ring (bicyclic) bond motifs is 1. The van der Waals surface area contributed by atoms with Crippen molar-refractivity contribution in [2.45, 2.75) is 26.4 Å². The average molecular weight is 509 g/mol. The first-order valence-corrected chi connectivity index (χ1v) is 11.8. The van der Waals surface area contributed by atoms with E-state index in [1.807, 2.05) is 31.4 Å². The van der Waals surface area contributed by atoms with Gasteiger partial charge in [0, 0.05) is 44.5 Å². The van der Waals surface area contributed by atoms with E-state index in [4.69, 9.17) is 9.97 Å². The molecule has 4 aromatic rings. The van der Waals surface area contributed by atoms with Crippen molar-refractivity contribution in [2.24, 2.45) is 0 Å². The fourth-order valence-electron chi connectivity index (χ4n) is 3.30. The number of anilines is 2. The van der Waals surface area contributed by atoms with E-state index in [0.29, 0.717) is 24.5 Å². The molecule has 9 heteroatoms. The topological polar surface area (TPSA) is 74.5 Å². The summed E-state index contributed by atoms with van der Waals surface area (Å²) in [4.78, 5) is 18.3. The maximum absolute atomic E-state index is 4.77. The monoisotopic (exact) mass is 508 g/mol. The van der Waals surface area contributed by atoms with Gasteiger partial charge in [0.25, 0.3) is 0 Å². The van der Waals surface area contributed by atoms with Gasteiger partial charge in [-0.15, -0.1) is 0 Å². The van der Waals surface area contributed by atoms with Gasteiger partial charge in [-0.05, 0) is 54.5 Å². The molecular formula is C24H29BrN8. The molecule has 8 nitrogen and oxygen atoms in total. The number of hydrogen-bond donors (Lipinski definition) is 1. The second kappa shape index (κ2) is 10.3. The summed E-state index contributed by atoms with van der Waals surface area (Å²) in [6.45, 7) is 6.75. The van der Waals surface area contributed by atoms with E-state index in [1.165, 1.54) is 0 Å². The quantitative estimate of drug-likeness (QED) is 0.360. The van der Waals surface area contributed by atoms with Crippen LogP contribution < -0.4 is 10.2 Å². The van der Waals surface area contributed by atoms with Crippen LogP contribution >= 0.6 is 15.9 Å². The summed E-state index contributed by atoms with van der Waals surface area (Å²) in [6, 6.07) is 14.8. The second-order valence-electron chi connectivity index (χ2n) is 8.34. The molecule has 4 rings (SSSR count). The number of hydrogen-bond acceptors (Lipinski definition) is 7. The summed E-state index contributed by atoms with van der Waals surface area (Å²) in [5.74, 6) is 1.31. The summed E-state index contributed by atoms with van der Waals surface area (Å²) in [5.41, 5.74) is 3.93. The van der Waals surface area contributed by atoms with Crippen molar-refractivity contribution in [1.82, 2.24) is 29.5 Å². The number of nitrogens with zero attached hydrogens (tertiary/aromatic N) is 7. The number of benzene rings is 1. The first-order valence-electron chi connectivity index (χ1n) is 11.0. The first kappa shape index (κ1) is 23.1. The van der Waals surface area contributed by atoms with Crippen molar-refractivity contribution in [3.8, 4) is 11.3 Å². The number of rotatable bonds is 9. The molecule has 3 heterocycles. The standard InChI is InChI=1S/C24H29BrN8/c1-17(2)31(3)13-14-32(4)24-29-22-20(25)16-28-33(22)23(30-24)27-15-18-8-10-19(11-9-18)21-7-5-6-12-26-21/h5-12,16-17H,13-15H2,1-4H3,(H,27,29,30). The molecule has 0 fully saturated rings. The Hall–Kier alpha value is -3.04. The van der Waals surface area contributed by atoms with Crippen LogP contribution in [-0.2, 0) is 6.54 Å². The van der Waals surface area contributed by atoms with Gasteiger partial charge >= 0.3 is 0 Å². The lowest BCUT2D eigenvalue weighted by Gasteiger charge is -2.25. The molecule has 0 saturated carbocycles. The minimum absolute atomic E-state index is 0.493. The molecule has 0 atom stereocenters. The third kappa shape index (κ3) is 5.48. The van der Waals surface area contributed by atoms with Crippen molar-refractivity contribution < 1.29 is 0 Å². The summed E-state index contributed by atoms with van der Waals surface area (Å²) in [5, 5.41) is 7.86. The van der Waals surface area contributed by atoms with Crippen molar-refractivity contribution in [2.75, 3.05) is 37.4 Å². The first-order chi connectivity index (χ1) is 15.9. The molecular weight excluding hydrogens is 480 g/mol. The third-order valence-corrected chi connectivity index (χ3v) is 6.25. The fourth-order valence-corrected chi connectivity index (χ4v) is 3.65. The molecule has 0 radical (unpaired) electrons. The van der Waals surface area contributed by atoms with Crippen LogP contribution in [0.4, 0.5) is 11.9 Å². The van der Waals surface area contributed by atoms with Gasteiger partial charge in [-0.3, -0.25) is 4.98 Å². The molecule has 33 heavy (non-hydrogen) atoms. The molecule has 1 N–H and O–H groups in total. The normalized spacial score (nSPS) is 11.5. The number of likely N-dealkylation sites (N-methyl/N-ethyl adjacent to an activating group) is 2. The lowest BCUT2D eigenvalue weighted by molar-refractivity contribution is 0.280. The zero-order chi connectivity index (χ0) is 23.4. The van der Waals surface area contributed by atoms with Gasteiger partial charge in [0.2, 0.25) is 11.9 Å². The zero-order valence-corrected chi connectivity index (χ0v) is 21.0. The third-order valence-electron chi connectivity index (χ3n) is 5.69. The number of aromatic nitrogens is 5. The highest BCUT2D eigenvalue weighted by molar-refractivity contribution is 9.10. The zero-order valence-electron chi connectivity index (χ0n) is 19.4. The maximum Gasteiger partial charge on any atom is 0.230 e. The van der Waals surface area contributed by atoms with Gasteiger partial charge in [-0.2, -0.15) is 19.6 Å². The van der Waals surface area contributed by atoms with Gasteiger partial charge in [-0.1, -0.05) is 30.3 Å². The van der Waals surface area contributed by atoms with Gasteiger partial charge in [0.15, 0.2) is 5.65 Å². The van der Waals surface area contributed by atoms with E-state index < -0.39 is 0 Å². The highest BCUT2D eigenvalue weighted by Crippen LogP contribution is 2.22. The van der Waals surface area contributed by atoms with Crippen molar-refractivity contribution >= 4 is 33.5 Å². The molecule has 0 amide bonds. The lowest BCUT2D eigenvalue weighted by atomic mass is 10.1. The van der Waals surface area contributed by atoms with Crippen molar-refractivity contribution in [3.05, 3.63) is 64.9 Å². The van der Waals surface area contributed by atoms with Crippen LogP contribution in [0.1, 0.15) is 19.4 Å². The minimum Gasteiger partial charge on any atom is -0.350 e. The Morgan fingerprint density at radius 2 is 1.82 bits per heavy atom. The molecule has 0 saturated heterocycles. The Bertz CT molecular complexity index is 1190. The highest BCUT2D eigenvalue weighted by atomic mass is 79.9. The smallest absolute Gasteiger partial charge is 0.230 e. The Labute approximate surface area is 202 Å². The molecule has 0 bridgehead atoms. The van der Waals surface area contributed by atoms with Gasteiger partial charge < -0.3 is 15.1 Å². The predicted molar refractivity (Wildman–Crippen MR) is 137 cm³/mol. The van der Waals surface area contributed by atoms with Crippen LogP contribution in [-0.4, -0.2) is 62.7 Å². The Morgan fingerprint density at radius 1 is 1.03 bits per heavy atom. The van der Waals surface area contributed by atoms with Gasteiger partial charge in [-0.25, -0.2) is 0 Å². The molecule has 0 aliphatic heterocycles. The van der Waals surface area contributed by atoms with Crippen LogP contribution in [0.15, 0.2) is 59.3 Å². The second-order valence-corrected chi connectivity index (χ2v) is 9.19. The lowest BCUT2D eigenvalue weighted by Crippen LogP contribution is -2.35. The molecule has 0 aliphatic carbocycles. The van der Waals surface area contributed by atoms with Gasteiger partial charge in [0.05, 0.1) is 16.4 Å². The number of halogens is 1. The summed E-state index contributed by atoms with van der Waals surface area (Å²) >= 11 is 3.56. The van der Waals surface area contributed by atoms with Crippen LogP contribution in [0.25, 0.3) is 16.9 Å². The van der Waals surface area contributed by atoms with Gasteiger partial charge in [0.1, 0.15) is 0 Å². The van der Waals surface area contributed by atoms with Crippen LogP contribution in [0, 0.1) is 0 Å². The fraction of sp³-hybridized carbons (Fsp3) is 0.333. The molecule has 172 valence electrons. The summed E-state index contributed by atoms with van der Waals surface area (Å²) < 4.78 is 2.56. The van der Waals surface area contributed by atoms with E-state index in [0.717, 1.165) is 40.0 Å². The summed E-state index contributed by atoms with van der Waals surface area (Å²) in [7, 11) is 4.15. The van der Waals surface area contributed by atoms with E-state index in [9.17, 15) is 0 Å². The number of pyridine rings is 1. The SMILES string of the molecule is CC(C)N(C)CCN(C)c1nc(NCc2ccc(-c3ccccn3)cc2)n2ncc(Br)c2n1. The average Bonchev–Trinajstić information content (AvgIpc) is 3.22. The Kier molecular flexibility index (Phi) is 7.20. The van der Waals surface area contributed by atoms with Crippen LogP contribution in [0.3, 0.4) is 0 Å².